The number of aliphatic carboxylic acids is 1. The number of carbonyl (C=O) groups excluding carboxylic acids is 1. The van der Waals surface area contributed by atoms with E-state index in [0.29, 0.717) is 0 Å². The van der Waals surface area contributed by atoms with E-state index >= 15 is 0 Å². The fourth-order valence-electron chi connectivity index (χ4n) is 2.01. The van der Waals surface area contributed by atoms with Crippen molar-refractivity contribution in [2.24, 2.45) is 5.92 Å². The molecule has 0 aromatic heterocycles. The number of carboxylic acid groups (broad SMARTS) is 1. The fraction of sp³-hybridized carbons (Fsp3) is 0.900. The smallest absolute Gasteiger partial charge is 0.550 e. The molecule has 13 heavy (non-hydrogen) atoms. The van der Waals surface area contributed by atoms with Crippen molar-refractivity contribution in [1.82, 2.24) is 0 Å². The van der Waals surface area contributed by atoms with Crippen molar-refractivity contribution in [3.05, 3.63) is 0 Å². The third-order valence-corrected chi connectivity index (χ3v) is 2.72. The Morgan fingerprint density at radius 3 is 2.38 bits per heavy atom. The normalized spacial score (nSPS) is 17.8. The van der Waals surface area contributed by atoms with Crippen LogP contribution < -0.4 is 56.5 Å². The summed E-state index contributed by atoms with van der Waals surface area (Å²) in [5.41, 5.74) is 0. The molecular weight excluding hydrogens is 191 g/mol. The van der Waals surface area contributed by atoms with Gasteiger partial charge in [0.25, 0.3) is 0 Å². The molecule has 0 unspecified atom stereocenters. The summed E-state index contributed by atoms with van der Waals surface area (Å²) >= 11 is 0. The van der Waals surface area contributed by atoms with E-state index in [1.165, 1.54) is 32.1 Å². The average Bonchev–Trinajstić information content (AvgIpc) is 2.05. The first-order chi connectivity index (χ1) is 5.79. The van der Waals surface area contributed by atoms with Crippen molar-refractivity contribution in [3.63, 3.8) is 0 Å². The Balaban J connectivity index is 0.00000144. The van der Waals surface area contributed by atoms with E-state index in [1.807, 2.05) is 0 Å². The maximum atomic E-state index is 10.1. The van der Waals surface area contributed by atoms with E-state index < -0.39 is 5.97 Å². The van der Waals surface area contributed by atoms with Gasteiger partial charge in [0.15, 0.2) is 0 Å². The van der Waals surface area contributed by atoms with Crippen LogP contribution in [0, 0.1) is 5.92 Å². The summed E-state index contributed by atoms with van der Waals surface area (Å²) in [4.78, 5) is 10.1. The first-order valence-electron chi connectivity index (χ1n) is 4.99. The minimum absolute atomic E-state index is 0. The zero-order chi connectivity index (χ0) is 8.81. The monoisotopic (exact) mass is 208 g/mol. The van der Waals surface area contributed by atoms with Crippen LogP contribution in [0.15, 0.2) is 0 Å². The molecule has 0 spiro atoms. The van der Waals surface area contributed by atoms with E-state index in [9.17, 15) is 9.90 Å². The zero-order valence-electron chi connectivity index (χ0n) is 8.55. The maximum Gasteiger partial charge on any atom is 1.00 e. The van der Waals surface area contributed by atoms with Gasteiger partial charge in [-0.05, 0) is 18.8 Å². The van der Waals surface area contributed by atoms with Crippen LogP contribution in [0.25, 0.3) is 0 Å². The standard InChI is InChI=1S/C10H18O2.K/c11-10(12)8-4-7-9-5-2-1-3-6-9;/h9H,1-8H2,(H,11,12);/q;+1/p-1. The summed E-state index contributed by atoms with van der Waals surface area (Å²) in [5.74, 6) is -0.0936. The Kier molecular flexibility index (Phi) is 9.13. The molecule has 0 aromatic rings. The van der Waals surface area contributed by atoms with E-state index in [0.717, 1.165) is 18.8 Å². The number of hydrogen-bond donors (Lipinski definition) is 0. The van der Waals surface area contributed by atoms with Gasteiger partial charge in [-0.15, -0.1) is 0 Å². The van der Waals surface area contributed by atoms with Crippen molar-refractivity contribution in [3.8, 4) is 0 Å². The minimum atomic E-state index is -0.897. The molecular formula is C10H17KO2. The second-order valence-corrected chi connectivity index (χ2v) is 3.77. The number of carbonyl (C=O) groups is 1. The van der Waals surface area contributed by atoms with E-state index in [-0.39, 0.29) is 57.8 Å². The summed E-state index contributed by atoms with van der Waals surface area (Å²) in [7, 11) is 0. The van der Waals surface area contributed by atoms with Gasteiger partial charge in [0.1, 0.15) is 0 Å². The Morgan fingerprint density at radius 2 is 1.85 bits per heavy atom. The van der Waals surface area contributed by atoms with Crippen LogP contribution in [-0.2, 0) is 4.79 Å². The van der Waals surface area contributed by atoms with Crippen LogP contribution in [0.5, 0.6) is 0 Å². The topological polar surface area (TPSA) is 40.1 Å². The molecule has 0 aliphatic heterocycles. The Hall–Kier alpha value is 1.11. The van der Waals surface area contributed by atoms with Gasteiger partial charge < -0.3 is 9.90 Å². The van der Waals surface area contributed by atoms with Gasteiger partial charge >= 0.3 is 51.4 Å². The van der Waals surface area contributed by atoms with E-state index in [1.54, 1.807) is 0 Å². The van der Waals surface area contributed by atoms with Crippen LogP contribution in [0.4, 0.5) is 0 Å². The van der Waals surface area contributed by atoms with Crippen molar-refractivity contribution in [1.29, 1.82) is 0 Å². The Labute approximate surface area is 123 Å². The second kappa shape index (κ2) is 8.42. The van der Waals surface area contributed by atoms with Gasteiger partial charge in [-0.3, -0.25) is 0 Å². The van der Waals surface area contributed by atoms with Gasteiger partial charge in [0.05, 0.1) is 0 Å². The van der Waals surface area contributed by atoms with Gasteiger partial charge in [0.2, 0.25) is 0 Å². The Bertz CT molecular complexity index is 142. The van der Waals surface area contributed by atoms with Crippen LogP contribution in [-0.4, -0.2) is 5.97 Å². The van der Waals surface area contributed by atoms with Gasteiger partial charge in [-0.1, -0.05) is 38.5 Å². The molecule has 0 radical (unpaired) electrons. The molecule has 1 aliphatic carbocycles. The number of carboxylic acids is 1. The molecule has 1 saturated carbocycles. The molecule has 0 amide bonds. The van der Waals surface area contributed by atoms with Crippen molar-refractivity contribution in [2.75, 3.05) is 0 Å². The molecule has 1 aliphatic rings. The minimum Gasteiger partial charge on any atom is -0.550 e. The molecule has 70 valence electrons. The number of rotatable bonds is 4. The van der Waals surface area contributed by atoms with Crippen LogP contribution in [0.2, 0.25) is 0 Å². The molecule has 0 saturated heterocycles. The van der Waals surface area contributed by atoms with Crippen LogP contribution in [0.3, 0.4) is 0 Å². The SMILES string of the molecule is O=C([O-])CCCC1CCCCC1.[K+]. The summed E-state index contributed by atoms with van der Waals surface area (Å²) in [6.07, 6.45) is 8.83. The summed E-state index contributed by atoms with van der Waals surface area (Å²) in [5, 5.41) is 10.1. The average molecular weight is 208 g/mol. The van der Waals surface area contributed by atoms with Crippen molar-refractivity contribution >= 4 is 5.97 Å². The third-order valence-electron chi connectivity index (χ3n) is 2.72. The van der Waals surface area contributed by atoms with Crippen molar-refractivity contribution in [2.45, 2.75) is 51.4 Å². The zero-order valence-corrected chi connectivity index (χ0v) is 11.7. The third kappa shape index (κ3) is 7.08. The van der Waals surface area contributed by atoms with Crippen LogP contribution >= 0.6 is 0 Å². The molecule has 1 rings (SSSR count). The molecule has 0 aromatic carbocycles. The Morgan fingerprint density at radius 1 is 1.23 bits per heavy atom. The van der Waals surface area contributed by atoms with Crippen LogP contribution in [0.1, 0.15) is 51.4 Å². The van der Waals surface area contributed by atoms with Gasteiger partial charge in [-0.2, -0.15) is 0 Å². The molecule has 1 fully saturated rings. The van der Waals surface area contributed by atoms with Gasteiger partial charge in [-0.25, -0.2) is 0 Å². The van der Waals surface area contributed by atoms with Gasteiger partial charge in [0, 0.05) is 5.97 Å². The summed E-state index contributed by atoms with van der Waals surface area (Å²) in [6, 6.07) is 0. The molecule has 0 bridgehead atoms. The summed E-state index contributed by atoms with van der Waals surface area (Å²) < 4.78 is 0. The molecule has 0 N–H and O–H groups in total. The predicted octanol–water partition coefficient (Wildman–Crippen LogP) is -1.51. The maximum absolute atomic E-state index is 10.1. The first kappa shape index (κ1) is 14.1. The largest absolute Gasteiger partial charge is 1.00 e. The quantitative estimate of drug-likeness (QED) is 0.527. The molecule has 0 heterocycles. The van der Waals surface area contributed by atoms with Crippen molar-refractivity contribution < 1.29 is 61.3 Å². The number of hydrogen-bond acceptors (Lipinski definition) is 2. The fourth-order valence-corrected chi connectivity index (χ4v) is 2.01. The summed E-state index contributed by atoms with van der Waals surface area (Å²) in [6.45, 7) is 0. The first-order valence-corrected chi connectivity index (χ1v) is 4.99. The second-order valence-electron chi connectivity index (χ2n) is 3.77. The predicted molar refractivity (Wildman–Crippen MR) is 45.4 cm³/mol. The molecule has 0 atom stereocenters. The van der Waals surface area contributed by atoms with E-state index in [2.05, 4.69) is 0 Å². The molecule has 3 heteroatoms. The molecule has 2 nitrogen and oxygen atoms in total. The van der Waals surface area contributed by atoms with E-state index in [4.69, 9.17) is 0 Å².